The number of ether oxygens (including phenoxy) is 2. The molecule has 0 atom stereocenters. The minimum absolute atomic E-state index is 0.0786. The molecule has 3 aromatic rings. The predicted octanol–water partition coefficient (Wildman–Crippen LogP) is 1.85. The van der Waals surface area contributed by atoms with Crippen molar-refractivity contribution in [2.24, 2.45) is 0 Å². The molecule has 1 aliphatic rings. The van der Waals surface area contributed by atoms with Crippen LogP contribution in [0.2, 0.25) is 0 Å². The van der Waals surface area contributed by atoms with Crippen molar-refractivity contribution in [2.45, 2.75) is 13.5 Å². The van der Waals surface area contributed by atoms with Crippen molar-refractivity contribution >= 4 is 44.9 Å². The van der Waals surface area contributed by atoms with Crippen LogP contribution in [0.1, 0.15) is 27.6 Å². The molecule has 4 rings (SSSR count). The summed E-state index contributed by atoms with van der Waals surface area (Å²) in [6.45, 7) is 1.51. The lowest BCUT2D eigenvalue weighted by molar-refractivity contribution is -0.118. The topological polar surface area (TPSA) is 117 Å². The average molecular weight is 413 g/mol. The molecule has 0 saturated carbocycles. The van der Waals surface area contributed by atoms with Crippen molar-refractivity contribution in [1.82, 2.24) is 9.55 Å². The van der Waals surface area contributed by atoms with Crippen LogP contribution >= 0.6 is 11.3 Å². The van der Waals surface area contributed by atoms with E-state index in [2.05, 4.69) is 10.3 Å². The number of Topliss-reactive ketones (excluding diaryl/α,β-unsaturated/α-hetero) is 1. The number of thiophene rings is 1. The molecule has 10 heteroatoms. The number of benzene rings is 1. The first-order chi connectivity index (χ1) is 14.0. The van der Waals surface area contributed by atoms with Crippen molar-refractivity contribution in [3.8, 4) is 5.75 Å². The number of carbonyl (C=O) groups excluding carboxylic acids is 3. The van der Waals surface area contributed by atoms with E-state index in [1.54, 1.807) is 19.1 Å². The lowest BCUT2D eigenvalue weighted by Crippen LogP contribution is -2.27. The van der Waals surface area contributed by atoms with Crippen molar-refractivity contribution in [1.29, 1.82) is 0 Å². The van der Waals surface area contributed by atoms with Crippen LogP contribution < -0.4 is 15.6 Å². The number of rotatable bonds is 5. The van der Waals surface area contributed by atoms with Crippen LogP contribution in [-0.2, 0) is 16.1 Å². The third kappa shape index (κ3) is 3.49. The van der Waals surface area contributed by atoms with Gasteiger partial charge in [0, 0.05) is 10.9 Å². The van der Waals surface area contributed by atoms with Gasteiger partial charge in [0.05, 0.1) is 36.1 Å². The number of hydrogen-bond acceptors (Lipinski definition) is 8. The fourth-order valence-corrected chi connectivity index (χ4v) is 3.81. The number of fused-ring (bicyclic) bond motifs is 2. The molecule has 0 bridgehead atoms. The molecule has 29 heavy (non-hydrogen) atoms. The van der Waals surface area contributed by atoms with Gasteiger partial charge in [0.1, 0.15) is 10.6 Å². The molecule has 1 aromatic carbocycles. The van der Waals surface area contributed by atoms with Crippen molar-refractivity contribution in [2.75, 3.05) is 18.5 Å². The lowest BCUT2D eigenvalue weighted by atomic mass is 10.1. The molecule has 1 aliphatic heterocycles. The van der Waals surface area contributed by atoms with E-state index in [1.165, 1.54) is 17.8 Å². The second kappa shape index (κ2) is 7.47. The Balaban J connectivity index is 1.65. The van der Waals surface area contributed by atoms with E-state index in [4.69, 9.17) is 9.47 Å². The standard InChI is InChI=1S/C19H15N3O6S/c1-2-27-19(26)11-8-29-17-16(11)18(25)22(9-20-17)6-13(23)10-3-4-14-12(5-10)21-15(24)7-28-14/h3-5,8-9H,2,6-7H2,1H3,(H,21,24). The van der Waals surface area contributed by atoms with E-state index in [-0.39, 0.29) is 42.4 Å². The van der Waals surface area contributed by atoms with Gasteiger partial charge in [-0.15, -0.1) is 11.3 Å². The van der Waals surface area contributed by atoms with Gasteiger partial charge in [0.2, 0.25) is 0 Å². The monoisotopic (exact) mass is 413 g/mol. The molecule has 0 radical (unpaired) electrons. The summed E-state index contributed by atoms with van der Waals surface area (Å²) in [4.78, 5) is 53.7. The molecule has 1 N–H and O–H groups in total. The normalized spacial score (nSPS) is 12.8. The largest absolute Gasteiger partial charge is 0.482 e. The summed E-state index contributed by atoms with van der Waals surface area (Å²) >= 11 is 1.16. The maximum Gasteiger partial charge on any atom is 0.339 e. The summed E-state index contributed by atoms with van der Waals surface area (Å²) in [5, 5.41) is 4.29. The molecule has 0 spiro atoms. The van der Waals surface area contributed by atoms with Gasteiger partial charge < -0.3 is 14.8 Å². The van der Waals surface area contributed by atoms with E-state index in [0.717, 1.165) is 15.9 Å². The van der Waals surface area contributed by atoms with Crippen LogP contribution in [0.5, 0.6) is 5.75 Å². The molecule has 0 aliphatic carbocycles. The van der Waals surface area contributed by atoms with Gasteiger partial charge in [0.25, 0.3) is 11.5 Å². The van der Waals surface area contributed by atoms with Crippen molar-refractivity contribution in [3.63, 3.8) is 0 Å². The Hall–Kier alpha value is -3.53. The SMILES string of the molecule is CCOC(=O)c1csc2ncn(CC(=O)c3ccc4c(c3)NC(=O)CO4)c(=O)c12. The second-order valence-corrected chi connectivity index (χ2v) is 7.06. The van der Waals surface area contributed by atoms with Crippen molar-refractivity contribution in [3.05, 3.63) is 51.4 Å². The summed E-state index contributed by atoms with van der Waals surface area (Å²) < 4.78 is 11.4. The molecule has 9 nitrogen and oxygen atoms in total. The molecular weight excluding hydrogens is 398 g/mol. The molecule has 148 valence electrons. The molecule has 3 heterocycles. The van der Waals surface area contributed by atoms with Crippen LogP contribution in [0.4, 0.5) is 5.69 Å². The predicted molar refractivity (Wildman–Crippen MR) is 105 cm³/mol. The van der Waals surface area contributed by atoms with Gasteiger partial charge in [-0.05, 0) is 25.1 Å². The molecule has 0 unspecified atom stereocenters. The fourth-order valence-electron chi connectivity index (χ4n) is 2.94. The number of esters is 1. The van der Waals surface area contributed by atoms with E-state index in [0.29, 0.717) is 21.8 Å². The quantitative estimate of drug-likeness (QED) is 0.501. The van der Waals surface area contributed by atoms with E-state index < -0.39 is 11.5 Å². The number of aromatic nitrogens is 2. The Labute approximate surface area is 167 Å². The third-order valence-corrected chi connectivity index (χ3v) is 5.19. The number of hydrogen-bond donors (Lipinski definition) is 1. The first-order valence-corrected chi connectivity index (χ1v) is 9.59. The molecule has 2 aromatic heterocycles. The lowest BCUT2D eigenvalue weighted by Gasteiger charge is -2.18. The minimum Gasteiger partial charge on any atom is -0.482 e. The van der Waals surface area contributed by atoms with Gasteiger partial charge in [-0.25, -0.2) is 9.78 Å². The van der Waals surface area contributed by atoms with Crippen LogP contribution in [0, 0.1) is 0 Å². The van der Waals surface area contributed by atoms with Crippen molar-refractivity contribution < 1.29 is 23.9 Å². The Morgan fingerprint density at radius 2 is 2.17 bits per heavy atom. The number of ketones is 1. The minimum atomic E-state index is -0.604. The summed E-state index contributed by atoms with van der Waals surface area (Å²) in [5.41, 5.74) is 0.343. The van der Waals surface area contributed by atoms with Gasteiger partial charge >= 0.3 is 5.97 Å². The average Bonchev–Trinajstić information content (AvgIpc) is 3.14. The van der Waals surface area contributed by atoms with Gasteiger partial charge in [-0.3, -0.25) is 19.0 Å². The zero-order valence-electron chi connectivity index (χ0n) is 15.3. The van der Waals surface area contributed by atoms with Crippen LogP contribution in [0.3, 0.4) is 0 Å². The second-order valence-electron chi connectivity index (χ2n) is 6.20. The molecular formula is C19H15N3O6S. The van der Waals surface area contributed by atoms with Gasteiger partial charge in [0.15, 0.2) is 12.4 Å². The Morgan fingerprint density at radius 1 is 1.34 bits per heavy atom. The number of anilines is 1. The summed E-state index contributed by atoms with van der Waals surface area (Å²) in [5.74, 6) is -0.799. The molecule has 0 saturated heterocycles. The highest BCUT2D eigenvalue weighted by atomic mass is 32.1. The third-order valence-electron chi connectivity index (χ3n) is 4.30. The summed E-state index contributed by atoms with van der Waals surface area (Å²) in [6, 6.07) is 4.65. The number of amides is 1. The van der Waals surface area contributed by atoms with Gasteiger partial charge in [-0.1, -0.05) is 0 Å². The molecule has 0 fully saturated rings. The van der Waals surface area contributed by atoms with E-state index in [1.807, 2.05) is 0 Å². The van der Waals surface area contributed by atoms with Gasteiger partial charge in [-0.2, -0.15) is 0 Å². The Morgan fingerprint density at radius 3 is 2.97 bits per heavy atom. The summed E-state index contributed by atoms with van der Waals surface area (Å²) in [6.07, 6.45) is 1.28. The molecule has 1 amide bonds. The Bertz CT molecular complexity index is 1210. The highest BCUT2D eigenvalue weighted by molar-refractivity contribution is 7.17. The smallest absolute Gasteiger partial charge is 0.339 e. The maximum atomic E-state index is 12.9. The zero-order chi connectivity index (χ0) is 20.5. The summed E-state index contributed by atoms with van der Waals surface area (Å²) in [7, 11) is 0. The number of nitrogens with one attached hydrogen (secondary N) is 1. The highest BCUT2D eigenvalue weighted by Gasteiger charge is 2.21. The maximum absolute atomic E-state index is 12.9. The zero-order valence-corrected chi connectivity index (χ0v) is 16.1. The van der Waals surface area contributed by atoms with Crippen LogP contribution in [0.25, 0.3) is 10.2 Å². The number of carbonyl (C=O) groups is 3. The highest BCUT2D eigenvalue weighted by Crippen LogP contribution is 2.28. The van der Waals surface area contributed by atoms with E-state index >= 15 is 0 Å². The fraction of sp³-hybridized carbons (Fsp3) is 0.211. The first kappa shape index (κ1) is 18.8. The van der Waals surface area contributed by atoms with E-state index in [9.17, 15) is 19.2 Å². The van der Waals surface area contributed by atoms with Crippen LogP contribution in [-0.4, -0.2) is 40.4 Å². The first-order valence-electron chi connectivity index (χ1n) is 8.71. The number of nitrogens with zero attached hydrogens (tertiary/aromatic N) is 2. The Kier molecular flexibility index (Phi) is 4.85. The van der Waals surface area contributed by atoms with Crippen LogP contribution in [0.15, 0.2) is 34.7 Å².